The zero-order valence-electron chi connectivity index (χ0n) is 14.8. The first-order valence-electron chi connectivity index (χ1n) is 8.79. The number of aryl methyl sites for hydroxylation is 1. The van der Waals surface area contributed by atoms with Crippen molar-refractivity contribution in [2.75, 3.05) is 33.8 Å². The molecule has 0 bridgehead atoms. The molecule has 2 fully saturated rings. The Bertz CT molecular complexity index is 561. The van der Waals surface area contributed by atoms with Gasteiger partial charge in [0.25, 0.3) is 0 Å². The molecule has 0 unspecified atom stereocenters. The summed E-state index contributed by atoms with van der Waals surface area (Å²) in [6, 6.07) is 0.844. The number of hydrogen-bond donors (Lipinski definition) is 1. The lowest BCUT2D eigenvalue weighted by atomic mass is 10.2. The third-order valence-electron chi connectivity index (χ3n) is 5.09. The van der Waals surface area contributed by atoms with E-state index in [1.807, 2.05) is 16.4 Å². The molecule has 8 nitrogen and oxygen atoms in total. The molecule has 1 saturated carbocycles. The fourth-order valence-corrected chi connectivity index (χ4v) is 3.57. The minimum Gasteiger partial charge on any atom is -0.366 e. The first kappa shape index (κ1) is 17.2. The zero-order valence-corrected chi connectivity index (χ0v) is 14.8. The Labute approximate surface area is 143 Å². The number of amides is 2. The molecule has 2 aliphatic rings. The molecule has 3 rings (SSSR count). The normalized spacial score (nSPS) is 27.7. The number of rotatable bonds is 4. The van der Waals surface area contributed by atoms with Gasteiger partial charge in [0.05, 0.1) is 13.2 Å². The third-order valence-corrected chi connectivity index (χ3v) is 5.09. The van der Waals surface area contributed by atoms with Gasteiger partial charge in [-0.2, -0.15) is 0 Å². The van der Waals surface area contributed by atoms with Gasteiger partial charge in [0.1, 0.15) is 12.4 Å². The number of aromatic nitrogens is 3. The first-order chi connectivity index (χ1) is 11.6. The van der Waals surface area contributed by atoms with E-state index in [4.69, 9.17) is 4.74 Å². The van der Waals surface area contributed by atoms with Gasteiger partial charge < -0.3 is 24.4 Å². The van der Waals surface area contributed by atoms with Gasteiger partial charge >= 0.3 is 6.03 Å². The molecule has 134 valence electrons. The highest BCUT2D eigenvalue weighted by molar-refractivity contribution is 5.74. The molecule has 2 heterocycles. The van der Waals surface area contributed by atoms with E-state index in [-0.39, 0.29) is 18.2 Å². The van der Waals surface area contributed by atoms with Gasteiger partial charge in [0.15, 0.2) is 5.82 Å². The van der Waals surface area contributed by atoms with Crippen molar-refractivity contribution in [1.82, 2.24) is 29.9 Å². The average molecular weight is 336 g/mol. The molecule has 1 aliphatic carbocycles. The predicted molar refractivity (Wildman–Crippen MR) is 89.6 cm³/mol. The molecule has 1 saturated heterocycles. The van der Waals surface area contributed by atoms with Gasteiger partial charge in [-0.15, -0.1) is 10.2 Å². The number of morpholine rings is 1. The van der Waals surface area contributed by atoms with Crippen LogP contribution in [0.15, 0.2) is 6.33 Å². The third kappa shape index (κ3) is 3.70. The van der Waals surface area contributed by atoms with Crippen LogP contribution in [-0.2, 0) is 11.3 Å². The largest absolute Gasteiger partial charge is 0.366 e. The maximum absolute atomic E-state index is 12.6. The molecule has 0 spiro atoms. The summed E-state index contributed by atoms with van der Waals surface area (Å²) in [4.78, 5) is 16.7. The summed E-state index contributed by atoms with van der Waals surface area (Å²) >= 11 is 0. The lowest BCUT2D eigenvalue weighted by Crippen LogP contribution is -2.50. The monoisotopic (exact) mass is 336 g/mol. The minimum atomic E-state index is -0.204. The Morgan fingerprint density at radius 1 is 1.46 bits per heavy atom. The fraction of sp³-hybridized carbons (Fsp3) is 0.812. The molecule has 8 heteroatoms. The second-order valence-electron chi connectivity index (χ2n) is 6.86. The van der Waals surface area contributed by atoms with E-state index in [0.29, 0.717) is 25.7 Å². The van der Waals surface area contributed by atoms with Crippen LogP contribution < -0.4 is 5.32 Å². The summed E-state index contributed by atoms with van der Waals surface area (Å²) < 4.78 is 7.78. The Balaban J connectivity index is 1.56. The Morgan fingerprint density at radius 3 is 3.00 bits per heavy atom. The maximum Gasteiger partial charge on any atom is 0.317 e. The number of hydrogen-bond acceptors (Lipinski definition) is 5. The van der Waals surface area contributed by atoms with E-state index in [9.17, 15) is 4.79 Å². The van der Waals surface area contributed by atoms with Crippen molar-refractivity contribution < 1.29 is 9.53 Å². The molecule has 1 aromatic rings. The highest BCUT2D eigenvalue weighted by Gasteiger charge is 2.32. The molecule has 3 atom stereocenters. The highest BCUT2D eigenvalue weighted by atomic mass is 16.5. The smallest absolute Gasteiger partial charge is 0.317 e. The summed E-state index contributed by atoms with van der Waals surface area (Å²) in [5, 5.41) is 11.3. The van der Waals surface area contributed by atoms with Gasteiger partial charge in [0, 0.05) is 25.2 Å². The van der Waals surface area contributed by atoms with Gasteiger partial charge in [-0.25, -0.2) is 4.79 Å². The van der Waals surface area contributed by atoms with Crippen molar-refractivity contribution in [3.8, 4) is 0 Å². The van der Waals surface area contributed by atoms with Crippen LogP contribution in [0.25, 0.3) is 0 Å². The Hall–Kier alpha value is -1.67. The summed E-state index contributed by atoms with van der Waals surface area (Å²) in [6.45, 7) is 4.50. The predicted octanol–water partition coefficient (Wildman–Crippen LogP) is 0.864. The molecule has 0 aromatic carbocycles. The lowest BCUT2D eigenvalue weighted by molar-refractivity contribution is -0.0221. The lowest BCUT2D eigenvalue weighted by Gasteiger charge is -2.33. The van der Waals surface area contributed by atoms with Crippen molar-refractivity contribution in [3.63, 3.8) is 0 Å². The van der Waals surface area contributed by atoms with E-state index >= 15 is 0 Å². The van der Waals surface area contributed by atoms with E-state index in [1.54, 1.807) is 6.33 Å². The molecule has 1 aromatic heterocycles. The van der Waals surface area contributed by atoms with E-state index < -0.39 is 0 Å². The molecule has 0 radical (unpaired) electrons. The van der Waals surface area contributed by atoms with Crippen LogP contribution in [0.2, 0.25) is 0 Å². The number of ether oxygens (including phenoxy) is 1. The fourth-order valence-electron chi connectivity index (χ4n) is 3.57. The van der Waals surface area contributed by atoms with E-state index in [0.717, 1.165) is 31.6 Å². The number of carbonyl (C=O) groups is 1. The SMILES string of the molecule is CCn1cnnc1[C@@H]1CN(C(=O)N[C@@H]2CC[C@H](N(C)C)C2)CCO1. The van der Waals surface area contributed by atoms with Crippen molar-refractivity contribution in [1.29, 1.82) is 0 Å². The molecule has 1 aliphatic heterocycles. The Kier molecular flexibility index (Phi) is 5.35. The van der Waals surface area contributed by atoms with Crippen molar-refractivity contribution in [2.24, 2.45) is 0 Å². The summed E-state index contributed by atoms with van der Waals surface area (Å²) in [7, 11) is 4.20. The number of urea groups is 1. The average Bonchev–Trinajstić information content (AvgIpc) is 3.23. The number of nitrogens with zero attached hydrogens (tertiary/aromatic N) is 5. The van der Waals surface area contributed by atoms with Crippen LogP contribution in [0, 0.1) is 0 Å². The molecule has 2 amide bonds. The number of nitrogens with one attached hydrogen (secondary N) is 1. The Morgan fingerprint density at radius 2 is 2.29 bits per heavy atom. The van der Waals surface area contributed by atoms with Gasteiger partial charge in [-0.3, -0.25) is 0 Å². The molecule has 1 N–H and O–H groups in total. The maximum atomic E-state index is 12.6. The van der Waals surface area contributed by atoms with Crippen LogP contribution in [0.4, 0.5) is 4.79 Å². The van der Waals surface area contributed by atoms with Gasteiger partial charge in [-0.1, -0.05) is 0 Å². The molecular weight excluding hydrogens is 308 g/mol. The van der Waals surface area contributed by atoms with Gasteiger partial charge in [-0.05, 0) is 40.3 Å². The van der Waals surface area contributed by atoms with E-state index in [1.165, 1.54) is 0 Å². The standard InChI is InChI=1S/C16H28N6O2/c1-4-21-11-17-19-15(21)14-10-22(7-8-24-14)16(23)18-12-5-6-13(9-12)20(2)3/h11-14H,4-10H2,1-3H3,(H,18,23)/t12-,13+,14+/m1/s1. The number of carbonyl (C=O) groups excluding carboxylic acids is 1. The minimum absolute atomic E-state index is 0.00951. The molecule has 24 heavy (non-hydrogen) atoms. The summed E-state index contributed by atoms with van der Waals surface area (Å²) in [5.74, 6) is 0.795. The second kappa shape index (κ2) is 7.48. The van der Waals surface area contributed by atoms with E-state index in [2.05, 4.69) is 34.5 Å². The quantitative estimate of drug-likeness (QED) is 0.883. The van der Waals surface area contributed by atoms with Crippen LogP contribution in [-0.4, -0.2) is 76.5 Å². The van der Waals surface area contributed by atoms with Crippen LogP contribution in [0.5, 0.6) is 0 Å². The highest BCUT2D eigenvalue weighted by Crippen LogP contribution is 2.24. The summed E-state index contributed by atoms with van der Waals surface area (Å²) in [5.41, 5.74) is 0. The van der Waals surface area contributed by atoms with Crippen LogP contribution >= 0.6 is 0 Å². The van der Waals surface area contributed by atoms with Crippen molar-refractivity contribution >= 4 is 6.03 Å². The second-order valence-corrected chi connectivity index (χ2v) is 6.86. The zero-order chi connectivity index (χ0) is 17.1. The topological polar surface area (TPSA) is 75.5 Å². The van der Waals surface area contributed by atoms with Crippen molar-refractivity contribution in [2.45, 2.75) is 50.9 Å². The first-order valence-corrected chi connectivity index (χ1v) is 8.79. The van der Waals surface area contributed by atoms with Gasteiger partial charge in [0.2, 0.25) is 0 Å². The summed E-state index contributed by atoms with van der Waals surface area (Å²) in [6.07, 6.45) is 4.72. The van der Waals surface area contributed by atoms with Crippen LogP contribution in [0.3, 0.4) is 0 Å². The van der Waals surface area contributed by atoms with Crippen molar-refractivity contribution in [3.05, 3.63) is 12.2 Å². The van der Waals surface area contributed by atoms with Crippen LogP contribution in [0.1, 0.15) is 38.1 Å². The molecular formula is C16H28N6O2.